The highest BCUT2D eigenvalue weighted by Crippen LogP contribution is 2.25. The van der Waals surface area contributed by atoms with Gasteiger partial charge < -0.3 is 4.90 Å². The number of ketones is 1. The molecule has 0 aliphatic carbocycles. The van der Waals surface area contributed by atoms with Crippen molar-refractivity contribution in [2.24, 2.45) is 0 Å². The van der Waals surface area contributed by atoms with E-state index in [0.29, 0.717) is 0 Å². The first kappa shape index (κ1) is 11.2. The zero-order chi connectivity index (χ0) is 11.5. The quantitative estimate of drug-likeness (QED) is 0.712. The molecule has 1 aromatic rings. The zero-order valence-corrected chi connectivity index (χ0v) is 9.94. The van der Waals surface area contributed by atoms with Gasteiger partial charge in [0.1, 0.15) is 7.28 Å². The van der Waals surface area contributed by atoms with Gasteiger partial charge in [0.15, 0.2) is 5.78 Å². The highest BCUT2D eigenvalue weighted by molar-refractivity contribution is 6.51. The molecule has 2 nitrogen and oxygen atoms in total. The van der Waals surface area contributed by atoms with Crippen molar-refractivity contribution in [2.45, 2.75) is 32.6 Å². The van der Waals surface area contributed by atoms with Crippen molar-refractivity contribution in [3.8, 4) is 0 Å². The number of benzene rings is 1. The molecular formula is C13H17BNO. The number of nitrogens with zero attached hydrogens (tertiary/aromatic N) is 1. The van der Waals surface area contributed by atoms with Crippen LogP contribution in [0.25, 0.3) is 0 Å². The normalized spacial score (nSPS) is 19.9. The van der Waals surface area contributed by atoms with Crippen LogP contribution in [0.1, 0.15) is 19.8 Å². The average molecular weight is 214 g/mol. The molecule has 0 saturated carbocycles. The van der Waals surface area contributed by atoms with Crippen LogP contribution in [-0.4, -0.2) is 25.6 Å². The Morgan fingerprint density at radius 2 is 2.06 bits per heavy atom. The molecule has 1 radical (unpaired) electrons. The van der Waals surface area contributed by atoms with Crippen LogP contribution in [0, 0.1) is 0 Å². The Morgan fingerprint density at radius 1 is 1.38 bits per heavy atom. The molecule has 0 aromatic heterocycles. The lowest BCUT2D eigenvalue weighted by atomic mass is 9.73. The van der Waals surface area contributed by atoms with Crippen LogP contribution in [0.2, 0.25) is 6.82 Å². The summed E-state index contributed by atoms with van der Waals surface area (Å²) in [5.41, 5.74) is 2.39. The molecular weight excluding hydrogens is 197 g/mol. The van der Waals surface area contributed by atoms with Gasteiger partial charge in [-0.2, -0.15) is 0 Å². The molecule has 0 spiro atoms. The van der Waals surface area contributed by atoms with E-state index in [-0.39, 0.29) is 11.8 Å². The van der Waals surface area contributed by atoms with Gasteiger partial charge in [0.2, 0.25) is 0 Å². The van der Waals surface area contributed by atoms with E-state index in [1.54, 1.807) is 6.92 Å². The van der Waals surface area contributed by atoms with E-state index >= 15 is 0 Å². The van der Waals surface area contributed by atoms with Crippen molar-refractivity contribution < 1.29 is 4.79 Å². The maximum absolute atomic E-state index is 11.5. The Bertz CT molecular complexity index is 374. The molecule has 1 atom stereocenters. The van der Waals surface area contributed by atoms with Crippen molar-refractivity contribution in [2.75, 3.05) is 11.4 Å². The predicted molar refractivity (Wildman–Crippen MR) is 68.7 cm³/mol. The minimum absolute atomic E-state index is 0.0939. The third kappa shape index (κ3) is 2.13. The van der Waals surface area contributed by atoms with Crippen molar-refractivity contribution in [1.29, 1.82) is 0 Å². The Kier molecular flexibility index (Phi) is 3.32. The van der Waals surface area contributed by atoms with Gasteiger partial charge in [0.25, 0.3) is 0 Å². The summed E-state index contributed by atoms with van der Waals surface area (Å²) in [5, 5.41) is 0. The van der Waals surface area contributed by atoms with Gasteiger partial charge in [-0.1, -0.05) is 24.4 Å². The first-order valence-corrected chi connectivity index (χ1v) is 5.89. The molecule has 16 heavy (non-hydrogen) atoms. The zero-order valence-electron chi connectivity index (χ0n) is 9.94. The first-order chi connectivity index (χ1) is 7.72. The largest absolute Gasteiger partial charge is 0.361 e. The molecule has 3 heteroatoms. The highest BCUT2D eigenvalue weighted by Gasteiger charge is 2.27. The predicted octanol–water partition coefficient (Wildman–Crippen LogP) is 1.62. The number of Topliss-reactive ketones (excluding diaryl/α,β-unsaturated/α-hetero) is 1. The average Bonchev–Trinajstić information content (AvgIpc) is 2.78. The molecule has 83 valence electrons. The second kappa shape index (κ2) is 4.73. The van der Waals surface area contributed by atoms with E-state index in [9.17, 15) is 4.79 Å². The maximum atomic E-state index is 11.5. The monoisotopic (exact) mass is 214 g/mol. The van der Waals surface area contributed by atoms with Crippen LogP contribution in [-0.2, 0) is 4.79 Å². The molecule has 1 heterocycles. The van der Waals surface area contributed by atoms with Crippen molar-refractivity contribution in [3.05, 3.63) is 24.3 Å². The third-order valence-corrected chi connectivity index (χ3v) is 3.28. The SMILES string of the molecule is C[B]c1ccc(N2CCCC2C(C)=O)cc1. The molecule has 1 unspecified atom stereocenters. The van der Waals surface area contributed by atoms with Crippen LogP contribution in [0.5, 0.6) is 0 Å². The Labute approximate surface area is 97.9 Å². The Morgan fingerprint density at radius 3 is 2.62 bits per heavy atom. The summed E-state index contributed by atoms with van der Waals surface area (Å²) in [4.78, 5) is 13.7. The van der Waals surface area contributed by atoms with E-state index in [1.165, 1.54) is 11.2 Å². The molecule has 1 saturated heterocycles. The minimum Gasteiger partial charge on any atom is -0.361 e. The molecule has 1 aliphatic heterocycles. The van der Waals surface area contributed by atoms with E-state index < -0.39 is 0 Å². The molecule has 2 rings (SSSR count). The number of hydrogen-bond acceptors (Lipinski definition) is 2. The fraction of sp³-hybridized carbons (Fsp3) is 0.462. The van der Waals surface area contributed by atoms with Gasteiger partial charge in [-0.3, -0.25) is 4.79 Å². The van der Waals surface area contributed by atoms with Crippen molar-refractivity contribution in [3.63, 3.8) is 0 Å². The number of carbonyl (C=O) groups excluding carboxylic acids is 1. The van der Waals surface area contributed by atoms with Gasteiger partial charge in [0.05, 0.1) is 6.04 Å². The molecule has 1 aromatic carbocycles. The minimum atomic E-state index is 0.0939. The lowest BCUT2D eigenvalue weighted by molar-refractivity contribution is -0.118. The van der Waals surface area contributed by atoms with E-state index in [1.807, 2.05) is 6.82 Å². The molecule has 0 N–H and O–H groups in total. The van der Waals surface area contributed by atoms with Crippen LogP contribution < -0.4 is 10.4 Å². The number of carbonyl (C=O) groups is 1. The number of anilines is 1. The van der Waals surface area contributed by atoms with E-state index in [4.69, 9.17) is 0 Å². The van der Waals surface area contributed by atoms with Crippen LogP contribution >= 0.6 is 0 Å². The van der Waals surface area contributed by atoms with Gasteiger partial charge >= 0.3 is 0 Å². The highest BCUT2D eigenvalue weighted by atomic mass is 16.1. The van der Waals surface area contributed by atoms with Gasteiger partial charge in [-0.15, -0.1) is 0 Å². The van der Waals surface area contributed by atoms with Crippen LogP contribution in [0.4, 0.5) is 5.69 Å². The van der Waals surface area contributed by atoms with Gasteiger partial charge in [-0.25, -0.2) is 0 Å². The van der Waals surface area contributed by atoms with Crippen LogP contribution in [0.3, 0.4) is 0 Å². The van der Waals surface area contributed by atoms with E-state index in [0.717, 1.165) is 19.4 Å². The summed E-state index contributed by atoms with van der Waals surface area (Å²) < 4.78 is 0. The standard InChI is InChI=1S/C13H17BNO/c1-10(16)13-4-3-9-15(13)12-7-5-11(14-2)6-8-12/h5-8,13H,3-4,9H2,1-2H3. The second-order valence-electron chi connectivity index (χ2n) is 4.34. The molecule has 1 fully saturated rings. The summed E-state index contributed by atoms with van der Waals surface area (Å²) in [7, 11) is 2.08. The van der Waals surface area contributed by atoms with Gasteiger partial charge in [0, 0.05) is 12.2 Å². The van der Waals surface area contributed by atoms with E-state index in [2.05, 4.69) is 36.4 Å². The number of hydrogen-bond donors (Lipinski definition) is 0. The van der Waals surface area contributed by atoms with Crippen molar-refractivity contribution >= 4 is 24.2 Å². The topological polar surface area (TPSA) is 20.3 Å². The van der Waals surface area contributed by atoms with Crippen molar-refractivity contribution in [1.82, 2.24) is 0 Å². The summed E-state index contributed by atoms with van der Waals surface area (Å²) in [6, 6.07) is 8.51. The maximum Gasteiger partial charge on any atom is 0.152 e. The molecule has 0 bridgehead atoms. The fourth-order valence-electron chi connectivity index (χ4n) is 2.36. The fourth-order valence-corrected chi connectivity index (χ4v) is 2.36. The summed E-state index contributed by atoms with van der Waals surface area (Å²) in [6.45, 7) is 4.72. The lowest BCUT2D eigenvalue weighted by Crippen LogP contribution is -2.34. The lowest BCUT2D eigenvalue weighted by Gasteiger charge is -2.25. The smallest absolute Gasteiger partial charge is 0.152 e. The third-order valence-electron chi connectivity index (χ3n) is 3.28. The Hall–Kier alpha value is -1.25. The molecule has 1 aliphatic rings. The first-order valence-electron chi connectivity index (χ1n) is 5.89. The Balaban J connectivity index is 2.19. The second-order valence-corrected chi connectivity index (χ2v) is 4.34. The van der Waals surface area contributed by atoms with Crippen LogP contribution in [0.15, 0.2) is 24.3 Å². The van der Waals surface area contributed by atoms with Gasteiger partial charge in [-0.05, 0) is 31.9 Å². The summed E-state index contributed by atoms with van der Waals surface area (Å²) >= 11 is 0. The molecule has 0 amide bonds. The summed E-state index contributed by atoms with van der Waals surface area (Å²) in [5.74, 6) is 0.281. The number of rotatable bonds is 3. The summed E-state index contributed by atoms with van der Waals surface area (Å²) in [6.07, 6.45) is 2.11.